The highest BCUT2D eigenvalue weighted by atomic mass is 32.1. The van der Waals surface area contributed by atoms with Crippen LogP contribution in [0.4, 0.5) is 0 Å². The van der Waals surface area contributed by atoms with Crippen molar-refractivity contribution in [1.82, 2.24) is 5.01 Å². The summed E-state index contributed by atoms with van der Waals surface area (Å²) in [6, 6.07) is -0.583. The first-order chi connectivity index (χ1) is 11.0. The van der Waals surface area contributed by atoms with Gasteiger partial charge in [-0.2, -0.15) is 0 Å². The van der Waals surface area contributed by atoms with Gasteiger partial charge in [0, 0.05) is 9.75 Å². The van der Waals surface area contributed by atoms with Crippen LogP contribution < -0.4 is 0 Å². The monoisotopic (exact) mass is 337 g/mol. The standard InChI is InChI=1S/C15H19N3O4S/c1-5-21-13(19)15(14(20)22-6-2)12-11-9(4)23-8(3)10(11)7-18(12)17-16-15/h12H,5-7H2,1-4H3. The van der Waals surface area contributed by atoms with Crippen LogP contribution >= 0.6 is 11.3 Å². The molecule has 2 aliphatic rings. The van der Waals surface area contributed by atoms with E-state index >= 15 is 0 Å². The fourth-order valence-corrected chi connectivity index (χ4v) is 4.37. The molecule has 3 heterocycles. The van der Waals surface area contributed by atoms with Crippen LogP contribution in [0.2, 0.25) is 0 Å². The molecule has 124 valence electrons. The highest BCUT2D eigenvalue weighted by Gasteiger charge is 2.65. The van der Waals surface area contributed by atoms with E-state index in [4.69, 9.17) is 9.47 Å². The maximum atomic E-state index is 12.7. The van der Waals surface area contributed by atoms with Crippen molar-refractivity contribution >= 4 is 23.3 Å². The van der Waals surface area contributed by atoms with E-state index in [0.717, 1.165) is 16.0 Å². The molecule has 0 aliphatic carbocycles. The SMILES string of the molecule is CCOC(=O)C1(C(=O)OCC)N=NN2Cc3c(C)sc(C)c3C21. The zero-order valence-electron chi connectivity index (χ0n) is 13.6. The van der Waals surface area contributed by atoms with E-state index in [1.54, 1.807) is 30.2 Å². The molecule has 23 heavy (non-hydrogen) atoms. The third kappa shape index (κ3) is 2.08. The van der Waals surface area contributed by atoms with Crippen LogP contribution in [0.15, 0.2) is 10.3 Å². The van der Waals surface area contributed by atoms with Crippen LogP contribution in [0.25, 0.3) is 0 Å². The van der Waals surface area contributed by atoms with Gasteiger partial charge >= 0.3 is 17.5 Å². The van der Waals surface area contributed by atoms with Crippen LogP contribution in [-0.4, -0.2) is 35.7 Å². The zero-order valence-corrected chi connectivity index (χ0v) is 14.4. The Morgan fingerprint density at radius 3 is 2.39 bits per heavy atom. The Kier molecular flexibility index (Phi) is 3.87. The number of fused-ring (bicyclic) bond motifs is 3. The average Bonchev–Trinajstić information content (AvgIpc) is 3.11. The molecule has 0 bridgehead atoms. The molecule has 0 N–H and O–H groups in total. The summed E-state index contributed by atoms with van der Waals surface area (Å²) in [7, 11) is 0. The molecule has 1 aromatic rings. The normalized spacial score (nSPS) is 20.3. The van der Waals surface area contributed by atoms with Crippen LogP contribution in [0.5, 0.6) is 0 Å². The average molecular weight is 337 g/mol. The molecule has 0 amide bonds. The van der Waals surface area contributed by atoms with E-state index in [9.17, 15) is 9.59 Å². The van der Waals surface area contributed by atoms with E-state index in [2.05, 4.69) is 10.3 Å². The lowest BCUT2D eigenvalue weighted by Crippen LogP contribution is -2.51. The lowest BCUT2D eigenvalue weighted by atomic mass is 9.86. The molecular weight excluding hydrogens is 318 g/mol. The van der Waals surface area contributed by atoms with Crippen molar-refractivity contribution in [3.05, 3.63) is 20.9 Å². The maximum absolute atomic E-state index is 12.7. The second-order valence-corrected chi connectivity index (χ2v) is 6.93. The number of ether oxygens (including phenoxy) is 2. The number of hydrogen-bond acceptors (Lipinski definition) is 8. The largest absolute Gasteiger partial charge is 0.464 e. The molecule has 1 aromatic heterocycles. The van der Waals surface area contributed by atoms with Crippen LogP contribution in [0, 0.1) is 13.8 Å². The summed E-state index contributed by atoms with van der Waals surface area (Å²) in [6.45, 7) is 8.28. The van der Waals surface area contributed by atoms with Crippen molar-refractivity contribution < 1.29 is 19.1 Å². The number of thiophene rings is 1. The third-order valence-corrected chi connectivity index (χ3v) is 5.29. The number of aryl methyl sites for hydroxylation is 2. The molecular formula is C15H19N3O4S. The third-order valence-electron chi connectivity index (χ3n) is 4.21. The van der Waals surface area contributed by atoms with Gasteiger partial charge in [0.1, 0.15) is 6.04 Å². The van der Waals surface area contributed by atoms with E-state index in [1.807, 2.05) is 13.8 Å². The number of rotatable bonds is 4. The number of esters is 2. The fourth-order valence-electron chi connectivity index (χ4n) is 3.27. The second-order valence-electron chi connectivity index (χ2n) is 5.50. The Balaban J connectivity index is 2.13. The van der Waals surface area contributed by atoms with Gasteiger partial charge in [-0.25, -0.2) is 9.59 Å². The second kappa shape index (κ2) is 5.59. The zero-order chi connectivity index (χ0) is 16.8. The minimum Gasteiger partial charge on any atom is -0.464 e. The fraction of sp³-hybridized carbons (Fsp3) is 0.600. The molecule has 0 saturated carbocycles. The van der Waals surface area contributed by atoms with Gasteiger partial charge in [-0.05, 0) is 38.8 Å². The summed E-state index contributed by atoms with van der Waals surface area (Å²) in [5, 5.41) is 9.82. The van der Waals surface area contributed by atoms with Gasteiger partial charge in [-0.3, -0.25) is 5.01 Å². The van der Waals surface area contributed by atoms with Crippen molar-refractivity contribution in [3.63, 3.8) is 0 Å². The Bertz CT molecular complexity index is 679. The van der Waals surface area contributed by atoms with Crippen molar-refractivity contribution in [1.29, 1.82) is 0 Å². The van der Waals surface area contributed by atoms with Gasteiger partial charge in [0.2, 0.25) is 0 Å². The van der Waals surface area contributed by atoms with E-state index in [1.165, 1.54) is 4.88 Å². The van der Waals surface area contributed by atoms with Crippen molar-refractivity contribution in [2.45, 2.75) is 45.8 Å². The first kappa shape index (κ1) is 15.9. The molecule has 0 radical (unpaired) electrons. The minimum atomic E-state index is -1.77. The van der Waals surface area contributed by atoms with Gasteiger partial charge in [-0.1, -0.05) is 5.22 Å². The molecule has 3 rings (SSSR count). The molecule has 1 unspecified atom stereocenters. The molecule has 0 spiro atoms. The summed E-state index contributed by atoms with van der Waals surface area (Å²) in [5.41, 5.74) is 0.308. The summed E-state index contributed by atoms with van der Waals surface area (Å²) >= 11 is 1.66. The van der Waals surface area contributed by atoms with Gasteiger partial charge in [-0.15, -0.1) is 16.5 Å². The van der Waals surface area contributed by atoms with Crippen molar-refractivity contribution in [2.24, 2.45) is 10.3 Å². The highest BCUT2D eigenvalue weighted by molar-refractivity contribution is 7.12. The number of hydrogen-bond donors (Lipinski definition) is 0. The smallest absolute Gasteiger partial charge is 0.350 e. The lowest BCUT2D eigenvalue weighted by molar-refractivity contribution is -0.166. The first-order valence-electron chi connectivity index (χ1n) is 7.60. The predicted octanol–water partition coefficient (Wildman–Crippen LogP) is 2.47. The summed E-state index contributed by atoms with van der Waals surface area (Å²) in [4.78, 5) is 27.5. The number of nitrogens with zero attached hydrogens (tertiary/aromatic N) is 3. The molecule has 0 fully saturated rings. The van der Waals surface area contributed by atoms with E-state index in [0.29, 0.717) is 6.54 Å². The molecule has 1 atom stereocenters. The Morgan fingerprint density at radius 1 is 1.22 bits per heavy atom. The van der Waals surface area contributed by atoms with Crippen molar-refractivity contribution in [2.75, 3.05) is 13.2 Å². The number of carbonyl (C=O) groups is 2. The first-order valence-corrected chi connectivity index (χ1v) is 8.41. The Morgan fingerprint density at radius 2 is 1.83 bits per heavy atom. The molecule has 7 nitrogen and oxygen atoms in total. The van der Waals surface area contributed by atoms with Gasteiger partial charge in [0.05, 0.1) is 19.8 Å². The van der Waals surface area contributed by atoms with Gasteiger partial charge < -0.3 is 9.47 Å². The molecule has 8 heteroatoms. The Labute approximate surface area is 138 Å². The summed E-state index contributed by atoms with van der Waals surface area (Å²) < 4.78 is 10.3. The van der Waals surface area contributed by atoms with E-state index in [-0.39, 0.29) is 13.2 Å². The molecule has 2 aliphatic heterocycles. The molecule has 0 aromatic carbocycles. The summed E-state index contributed by atoms with van der Waals surface area (Å²) in [6.07, 6.45) is 0. The van der Waals surface area contributed by atoms with E-state index < -0.39 is 23.5 Å². The number of carbonyl (C=O) groups excluding carboxylic acids is 2. The highest BCUT2D eigenvalue weighted by Crippen LogP contribution is 2.52. The maximum Gasteiger partial charge on any atom is 0.350 e. The predicted molar refractivity (Wildman–Crippen MR) is 82.9 cm³/mol. The quantitative estimate of drug-likeness (QED) is 0.623. The van der Waals surface area contributed by atoms with Crippen LogP contribution in [-0.2, 0) is 25.6 Å². The minimum absolute atomic E-state index is 0.163. The summed E-state index contributed by atoms with van der Waals surface area (Å²) in [5.74, 6) is -1.41. The lowest BCUT2D eigenvalue weighted by Gasteiger charge is -2.27. The van der Waals surface area contributed by atoms with Crippen LogP contribution in [0.1, 0.15) is 40.8 Å². The van der Waals surface area contributed by atoms with Crippen LogP contribution in [0.3, 0.4) is 0 Å². The molecule has 0 saturated heterocycles. The topological polar surface area (TPSA) is 80.6 Å². The van der Waals surface area contributed by atoms with Gasteiger partial charge in [0.15, 0.2) is 0 Å². The van der Waals surface area contributed by atoms with Gasteiger partial charge in [0.25, 0.3) is 0 Å². The van der Waals surface area contributed by atoms with Crippen molar-refractivity contribution in [3.8, 4) is 0 Å². The Hall–Kier alpha value is -1.96.